The summed E-state index contributed by atoms with van der Waals surface area (Å²) in [4.78, 5) is 32.7. The molecule has 1 rings (SSSR count). The maximum atomic E-state index is 12.0. The van der Waals surface area contributed by atoms with Crippen LogP contribution in [0.15, 0.2) is 24.3 Å². The van der Waals surface area contributed by atoms with Crippen LogP contribution in [0.25, 0.3) is 0 Å². The Morgan fingerprint density at radius 2 is 1.67 bits per heavy atom. The first-order chi connectivity index (χ1) is 9.70. The number of Topliss-reactive ketones (excluding diaryl/α,β-unsaturated/α-hetero) is 2. The minimum atomic E-state index is -5.02. The number of nitrogens with two attached hydrogens (primary N) is 1. The van der Waals surface area contributed by atoms with Gasteiger partial charge in [0.2, 0.25) is 11.7 Å². The van der Waals surface area contributed by atoms with E-state index in [-0.39, 0.29) is 12.0 Å². The van der Waals surface area contributed by atoms with Gasteiger partial charge in [0.05, 0.1) is 12.8 Å². The van der Waals surface area contributed by atoms with Gasteiger partial charge in [-0.1, -0.05) is 24.0 Å². The highest BCUT2D eigenvalue weighted by atomic mass is 19.4. The number of halogens is 3. The van der Waals surface area contributed by atoms with Crippen LogP contribution in [0.5, 0.6) is 0 Å². The van der Waals surface area contributed by atoms with E-state index in [1.807, 2.05) is 0 Å². The van der Waals surface area contributed by atoms with Gasteiger partial charge in [-0.2, -0.15) is 13.2 Å². The molecule has 0 saturated heterocycles. The molecule has 0 fully saturated rings. The predicted molar refractivity (Wildman–Crippen MR) is 67.1 cm³/mol. The van der Waals surface area contributed by atoms with Gasteiger partial charge < -0.3 is 5.73 Å². The van der Waals surface area contributed by atoms with Crippen molar-refractivity contribution in [3.8, 4) is 11.8 Å². The van der Waals surface area contributed by atoms with Gasteiger partial charge in [0.25, 0.3) is 0 Å². The lowest BCUT2D eigenvalue weighted by Crippen LogP contribution is -2.25. The van der Waals surface area contributed by atoms with Crippen LogP contribution in [-0.2, 0) is 9.59 Å². The molecule has 1 amide bonds. The second-order valence-corrected chi connectivity index (χ2v) is 4.04. The lowest BCUT2D eigenvalue weighted by Gasteiger charge is -2.04. The number of carbonyl (C=O) groups is 3. The second kappa shape index (κ2) is 6.70. The van der Waals surface area contributed by atoms with Gasteiger partial charge in [0, 0.05) is 11.1 Å². The van der Waals surface area contributed by atoms with E-state index in [0.717, 1.165) is 0 Å². The second-order valence-electron chi connectivity index (χ2n) is 4.04. The Bertz CT molecular complexity index is 622. The summed E-state index contributed by atoms with van der Waals surface area (Å²) in [7, 11) is 0. The minimum Gasteiger partial charge on any atom is -0.369 e. The van der Waals surface area contributed by atoms with Crippen molar-refractivity contribution in [2.24, 2.45) is 5.73 Å². The number of primary amides is 1. The Labute approximate surface area is 118 Å². The molecule has 0 radical (unpaired) electrons. The quantitative estimate of drug-likeness (QED) is 0.521. The van der Waals surface area contributed by atoms with Crippen LogP contribution in [-0.4, -0.2) is 23.6 Å². The molecule has 0 spiro atoms. The van der Waals surface area contributed by atoms with Gasteiger partial charge in [-0.05, 0) is 12.1 Å². The largest absolute Gasteiger partial charge is 0.450 e. The Morgan fingerprint density at radius 3 is 2.14 bits per heavy atom. The molecule has 0 saturated carbocycles. The highest BCUT2D eigenvalue weighted by Gasteiger charge is 2.39. The topological polar surface area (TPSA) is 77.2 Å². The van der Waals surface area contributed by atoms with E-state index in [0.29, 0.717) is 5.56 Å². The summed E-state index contributed by atoms with van der Waals surface area (Å²) in [6.07, 6.45) is -6.37. The first-order valence-corrected chi connectivity index (χ1v) is 5.70. The van der Waals surface area contributed by atoms with Gasteiger partial charge >= 0.3 is 6.18 Å². The summed E-state index contributed by atoms with van der Waals surface area (Å²) in [5.41, 5.74) is 5.34. The van der Waals surface area contributed by atoms with Crippen LogP contribution >= 0.6 is 0 Å². The third-order valence-electron chi connectivity index (χ3n) is 2.34. The maximum Gasteiger partial charge on any atom is 0.450 e. The van der Waals surface area contributed by atoms with E-state index in [2.05, 4.69) is 11.8 Å². The Kier molecular flexibility index (Phi) is 5.24. The highest BCUT2D eigenvalue weighted by Crippen LogP contribution is 2.19. The molecule has 110 valence electrons. The zero-order valence-electron chi connectivity index (χ0n) is 10.7. The molecule has 0 aliphatic carbocycles. The fourth-order valence-corrected chi connectivity index (χ4v) is 1.32. The molecule has 0 aromatic heterocycles. The highest BCUT2D eigenvalue weighted by molar-refractivity contribution is 6.09. The smallest absolute Gasteiger partial charge is 0.369 e. The molecule has 1 aromatic rings. The third kappa shape index (κ3) is 5.48. The van der Waals surface area contributed by atoms with Crippen LogP contribution < -0.4 is 5.73 Å². The molecular weight excluding hydrogens is 287 g/mol. The van der Waals surface area contributed by atoms with Crippen molar-refractivity contribution in [2.45, 2.75) is 19.0 Å². The number of hydrogen-bond donors (Lipinski definition) is 1. The third-order valence-corrected chi connectivity index (χ3v) is 2.34. The fraction of sp³-hybridized carbons (Fsp3) is 0.214. The molecule has 0 aliphatic rings. The monoisotopic (exact) mass is 297 g/mol. The van der Waals surface area contributed by atoms with Gasteiger partial charge in [0.1, 0.15) is 0 Å². The summed E-state index contributed by atoms with van der Waals surface area (Å²) >= 11 is 0. The summed E-state index contributed by atoms with van der Waals surface area (Å²) in [6.45, 7) is 0. The van der Waals surface area contributed by atoms with E-state index in [9.17, 15) is 27.6 Å². The molecule has 0 aliphatic heterocycles. The van der Waals surface area contributed by atoms with Crippen LogP contribution in [0.2, 0.25) is 0 Å². The average Bonchev–Trinajstić information content (AvgIpc) is 2.37. The Balaban J connectivity index is 2.73. The van der Waals surface area contributed by atoms with Crippen LogP contribution in [0.3, 0.4) is 0 Å². The van der Waals surface area contributed by atoms with Crippen LogP contribution in [0, 0.1) is 11.8 Å². The van der Waals surface area contributed by atoms with Crippen molar-refractivity contribution in [1.29, 1.82) is 0 Å². The number of benzene rings is 1. The maximum absolute atomic E-state index is 12.0. The molecule has 7 heteroatoms. The van der Waals surface area contributed by atoms with E-state index in [1.54, 1.807) is 0 Å². The molecule has 0 atom stereocenters. The number of ketones is 2. The zero-order chi connectivity index (χ0) is 16.0. The zero-order valence-corrected chi connectivity index (χ0v) is 10.7. The lowest BCUT2D eigenvalue weighted by atomic mass is 10.0. The van der Waals surface area contributed by atoms with Crippen molar-refractivity contribution in [2.75, 3.05) is 0 Å². The molecule has 2 N–H and O–H groups in total. The molecule has 0 bridgehead atoms. The number of rotatable bonds is 4. The summed E-state index contributed by atoms with van der Waals surface area (Å²) < 4.78 is 36.1. The number of alkyl halides is 3. The van der Waals surface area contributed by atoms with E-state index < -0.39 is 30.1 Å². The van der Waals surface area contributed by atoms with Crippen molar-refractivity contribution < 1.29 is 27.6 Å². The molecule has 4 nitrogen and oxygen atoms in total. The van der Waals surface area contributed by atoms with Crippen LogP contribution in [0.4, 0.5) is 13.2 Å². The molecular formula is C14H10F3NO3. The van der Waals surface area contributed by atoms with Crippen LogP contribution in [0.1, 0.15) is 28.8 Å². The van der Waals surface area contributed by atoms with Crippen molar-refractivity contribution in [3.63, 3.8) is 0 Å². The number of hydrogen-bond acceptors (Lipinski definition) is 3. The SMILES string of the molecule is NC(=O)CC#Cc1ccc(C(=O)CC(=O)C(F)(F)F)cc1. The summed E-state index contributed by atoms with van der Waals surface area (Å²) in [5, 5.41) is 0. The van der Waals surface area contributed by atoms with E-state index in [4.69, 9.17) is 5.73 Å². The predicted octanol–water partition coefficient (Wildman–Crippen LogP) is 1.62. The van der Waals surface area contributed by atoms with Crippen molar-refractivity contribution in [3.05, 3.63) is 35.4 Å². The standard InChI is InChI=1S/C14H10F3NO3/c15-14(16,17)12(20)8-11(19)10-6-4-9(5-7-10)2-1-3-13(18)21/h4-7H,3,8H2,(H2,18,21). The van der Waals surface area contributed by atoms with Gasteiger partial charge in [-0.3, -0.25) is 14.4 Å². The summed E-state index contributed by atoms with van der Waals surface area (Å²) in [6, 6.07) is 5.33. The molecule has 0 unspecified atom stereocenters. The van der Waals surface area contributed by atoms with E-state index in [1.165, 1.54) is 24.3 Å². The summed E-state index contributed by atoms with van der Waals surface area (Å²) in [5.74, 6) is 1.50. The Morgan fingerprint density at radius 1 is 1.10 bits per heavy atom. The van der Waals surface area contributed by atoms with Gasteiger partial charge in [-0.25, -0.2) is 0 Å². The first kappa shape index (κ1) is 16.4. The number of amides is 1. The average molecular weight is 297 g/mol. The van der Waals surface area contributed by atoms with Gasteiger partial charge in [-0.15, -0.1) is 0 Å². The lowest BCUT2D eigenvalue weighted by molar-refractivity contribution is -0.170. The minimum absolute atomic E-state index is 0.0203. The van der Waals surface area contributed by atoms with Gasteiger partial charge in [0.15, 0.2) is 5.78 Å². The Hall–Kier alpha value is -2.62. The molecule has 0 heterocycles. The molecule has 21 heavy (non-hydrogen) atoms. The molecule has 1 aromatic carbocycles. The van der Waals surface area contributed by atoms with E-state index >= 15 is 0 Å². The van der Waals surface area contributed by atoms with Crippen molar-refractivity contribution in [1.82, 2.24) is 0 Å². The normalized spacial score (nSPS) is 10.4. The fourth-order valence-electron chi connectivity index (χ4n) is 1.32. The van der Waals surface area contributed by atoms with Crippen molar-refractivity contribution >= 4 is 17.5 Å². The number of carbonyl (C=O) groups excluding carboxylic acids is 3. The first-order valence-electron chi connectivity index (χ1n) is 5.70.